The number of nitrogens with zero attached hydrogens (tertiary/aromatic N) is 2. The lowest BCUT2D eigenvalue weighted by Crippen LogP contribution is -2.35. The van der Waals surface area contributed by atoms with Crippen molar-refractivity contribution in [1.82, 2.24) is 15.1 Å². The topological polar surface area (TPSA) is 56.2 Å². The number of hydrogen-bond donors (Lipinski definition) is 1. The molecule has 1 N–H and O–H groups in total. The number of amides is 1. The van der Waals surface area contributed by atoms with Crippen molar-refractivity contribution >= 4 is 6.09 Å². The Morgan fingerprint density at radius 1 is 1.56 bits per heavy atom. The van der Waals surface area contributed by atoms with Crippen LogP contribution in [0, 0.1) is 0 Å². The molecule has 0 aliphatic heterocycles. The third-order valence-electron chi connectivity index (χ3n) is 2.47. The number of aryl methyl sites for hydroxylation is 1. The van der Waals surface area contributed by atoms with Crippen molar-refractivity contribution in [3.05, 3.63) is 18.0 Å². The van der Waals surface area contributed by atoms with E-state index in [1.54, 1.807) is 6.20 Å². The first-order valence-electron chi connectivity index (χ1n) is 6.32. The zero-order chi connectivity index (χ0) is 13.8. The van der Waals surface area contributed by atoms with Crippen LogP contribution in [0.25, 0.3) is 0 Å². The van der Waals surface area contributed by atoms with Gasteiger partial charge in [-0.1, -0.05) is 6.92 Å². The van der Waals surface area contributed by atoms with E-state index >= 15 is 0 Å². The Bertz CT molecular complexity index is 393. The average molecular weight is 253 g/mol. The van der Waals surface area contributed by atoms with Gasteiger partial charge in [-0.15, -0.1) is 0 Å². The lowest BCUT2D eigenvalue weighted by Gasteiger charge is -2.21. The Morgan fingerprint density at radius 2 is 2.22 bits per heavy atom. The monoisotopic (exact) mass is 253 g/mol. The zero-order valence-electron chi connectivity index (χ0n) is 11.9. The van der Waals surface area contributed by atoms with Gasteiger partial charge in [-0.2, -0.15) is 5.10 Å². The van der Waals surface area contributed by atoms with Crippen LogP contribution in [0.5, 0.6) is 0 Å². The van der Waals surface area contributed by atoms with Gasteiger partial charge in [0.15, 0.2) is 0 Å². The maximum Gasteiger partial charge on any atom is 0.407 e. The maximum absolute atomic E-state index is 11.5. The normalized spacial score (nSPS) is 13.2. The molecule has 1 amide bonds. The lowest BCUT2D eigenvalue weighted by atomic mass is 10.2. The van der Waals surface area contributed by atoms with E-state index in [4.69, 9.17) is 4.74 Å². The number of aromatic nitrogens is 2. The Labute approximate surface area is 109 Å². The minimum atomic E-state index is -0.465. The third-order valence-corrected chi connectivity index (χ3v) is 2.47. The number of hydrogen-bond acceptors (Lipinski definition) is 3. The molecule has 0 saturated heterocycles. The van der Waals surface area contributed by atoms with Gasteiger partial charge in [0.05, 0.1) is 6.04 Å². The van der Waals surface area contributed by atoms with Crippen LogP contribution < -0.4 is 5.32 Å². The zero-order valence-corrected chi connectivity index (χ0v) is 11.9. The van der Waals surface area contributed by atoms with E-state index in [0.29, 0.717) is 6.54 Å². The second-order valence-electron chi connectivity index (χ2n) is 5.35. The smallest absolute Gasteiger partial charge is 0.407 e. The number of ether oxygens (including phenoxy) is 1. The first kappa shape index (κ1) is 14.5. The third kappa shape index (κ3) is 4.39. The SMILES string of the molecule is CCc1ccnn1[C@@H](C)CNC(=O)OC(C)(C)C. The number of rotatable bonds is 4. The van der Waals surface area contributed by atoms with E-state index in [9.17, 15) is 4.79 Å². The van der Waals surface area contributed by atoms with Crippen LogP contribution >= 0.6 is 0 Å². The average Bonchev–Trinajstić information content (AvgIpc) is 2.71. The Morgan fingerprint density at radius 3 is 2.78 bits per heavy atom. The summed E-state index contributed by atoms with van der Waals surface area (Å²) in [5, 5.41) is 7.02. The molecular formula is C13H23N3O2. The largest absolute Gasteiger partial charge is 0.444 e. The van der Waals surface area contributed by atoms with Crippen molar-refractivity contribution in [3.8, 4) is 0 Å². The first-order valence-corrected chi connectivity index (χ1v) is 6.32. The van der Waals surface area contributed by atoms with E-state index in [1.165, 1.54) is 0 Å². The fraction of sp³-hybridized carbons (Fsp3) is 0.692. The van der Waals surface area contributed by atoms with Crippen LogP contribution in [-0.2, 0) is 11.2 Å². The van der Waals surface area contributed by atoms with E-state index < -0.39 is 5.60 Å². The summed E-state index contributed by atoms with van der Waals surface area (Å²) in [5.41, 5.74) is 0.696. The highest BCUT2D eigenvalue weighted by molar-refractivity contribution is 5.67. The molecule has 1 heterocycles. The summed E-state index contributed by atoms with van der Waals surface area (Å²) >= 11 is 0. The van der Waals surface area contributed by atoms with Crippen LogP contribution in [0.3, 0.4) is 0 Å². The van der Waals surface area contributed by atoms with E-state index in [2.05, 4.69) is 17.3 Å². The predicted octanol–water partition coefficient (Wildman–Crippen LogP) is 2.53. The summed E-state index contributed by atoms with van der Waals surface area (Å²) in [6, 6.07) is 2.10. The molecule has 0 fully saturated rings. The molecule has 0 unspecified atom stereocenters. The van der Waals surface area contributed by atoms with Crippen molar-refractivity contribution in [3.63, 3.8) is 0 Å². The summed E-state index contributed by atoms with van der Waals surface area (Å²) in [6.07, 6.45) is 2.32. The number of nitrogens with one attached hydrogen (secondary N) is 1. The molecule has 18 heavy (non-hydrogen) atoms. The Kier molecular flexibility index (Phi) is 4.76. The second-order valence-corrected chi connectivity index (χ2v) is 5.35. The Balaban J connectivity index is 2.47. The quantitative estimate of drug-likeness (QED) is 0.897. The van der Waals surface area contributed by atoms with Crippen molar-refractivity contribution in [2.45, 2.75) is 52.7 Å². The molecule has 0 bridgehead atoms. The molecule has 1 aromatic heterocycles. The Hall–Kier alpha value is -1.52. The van der Waals surface area contributed by atoms with E-state index in [1.807, 2.05) is 38.4 Å². The number of carbonyl (C=O) groups is 1. The van der Waals surface area contributed by atoms with Gasteiger partial charge in [-0.3, -0.25) is 4.68 Å². The van der Waals surface area contributed by atoms with Crippen molar-refractivity contribution in [2.75, 3.05) is 6.54 Å². The predicted molar refractivity (Wildman–Crippen MR) is 70.6 cm³/mol. The van der Waals surface area contributed by atoms with Gasteiger partial charge in [0, 0.05) is 18.4 Å². The molecule has 0 radical (unpaired) electrons. The van der Waals surface area contributed by atoms with Crippen LogP contribution in [0.2, 0.25) is 0 Å². The molecule has 0 aromatic carbocycles. The maximum atomic E-state index is 11.5. The first-order chi connectivity index (χ1) is 8.33. The van der Waals surface area contributed by atoms with Crippen LogP contribution in [0.1, 0.15) is 46.4 Å². The highest BCUT2D eigenvalue weighted by Gasteiger charge is 2.17. The van der Waals surface area contributed by atoms with Crippen molar-refractivity contribution < 1.29 is 9.53 Å². The summed E-state index contributed by atoms with van der Waals surface area (Å²) in [6.45, 7) is 10.1. The van der Waals surface area contributed by atoms with Gasteiger partial charge in [0.2, 0.25) is 0 Å². The molecule has 1 rings (SSSR count). The number of alkyl carbamates (subject to hydrolysis) is 1. The minimum Gasteiger partial charge on any atom is -0.444 e. The molecule has 1 atom stereocenters. The fourth-order valence-corrected chi connectivity index (χ4v) is 1.65. The minimum absolute atomic E-state index is 0.113. The van der Waals surface area contributed by atoms with Crippen molar-refractivity contribution in [1.29, 1.82) is 0 Å². The van der Waals surface area contributed by atoms with E-state index in [-0.39, 0.29) is 12.1 Å². The van der Waals surface area contributed by atoms with Crippen LogP contribution in [-0.4, -0.2) is 28.0 Å². The van der Waals surface area contributed by atoms with Gasteiger partial charge >= 0.3 is 6.09 Å². The van der Waals surface area contributed by atoms with E-state index in [0.717, 1.165) is 12.1 Å². The molecule has 0 spiro atoms. The van der Waals surface area contributed by atoms with Gasteiger partial charge in [0.25, 0.3) is 0 Å². The van der Waals surface area contributed by atoms with Crippen LogP contribution in [0.15, 0.2) is 12.3 Å². The second kappa shape index (κ2) is 5.89. The van der Waals surface area contributed by atoms with Gasteiger partial charge in [-0.05, 0) is 40.2 Å². The lowest BCUT2D eigenvalue weighted by molar-refractivity contribution is 0.0520. The van der Waals surface area contributed by atoms with Gasteiger partial charge in [0.1, 0.15) is 5.60 Å². The highest BCUT2D eigenvalue weighted by Crippen LogP contribution is 2.10. The molecule has 0 aliphatic rings. The summed E-state index contributed by atoms with van der Waals surface area (Å²) < 4.78 is 7.11. The van der Waals surface area contributed by atoms with Crippen LogP contribution in [0.4, 0.5) is 4.79 Å². The molecular weight excluding hydrogens is 230 g/mol. The van der Waals surface area contributed by atoms with Gasteiger partial charge in [-0.25, -0.2) is 4.79 Å². The number of carbonyl (C=O) groups excluding carboxylic acids is 1. The molecule has 5 heteroatoms. The summed E-state index contributed by atoms with van der Waals surface area (Å²) in [7, 11) is 0. The molecule has 5 nitrogen and oxygen atoms in total. The molecule has 102 valence electrons. The fourth-order valence-electron chi connectivity index (χ4n) is 1.65. The highest BCUT2D eigenvalue weighted by atomic mass is 16.6. The van der Waals surface area contributed by atoms with Crippen molar-refractivity contribution in [2.24, 2.45) is 0 Å². The molecule has 0 aliphatic carbocycles. The summed E-state index contributed by atoms with van der Waals surface area (Å²) in [5.74, 6) is 0. The molecule has 0 saturated carbocycles. The molecule has 1 aromatic rings. The van der Waals surface area contributed by atoms with Gasteiger partial charge < -0.3 is 10.1 Å². The summed E-state index contributed by atoms with van der Waals surface area (Å²) in [4.78, 5) is 11.5. The standard InChI is InChI=1S/C13H23N3O2/c1-6-11-7-8-15-16(11)10(2)9-14-12(17)18-13(3,4)5/h7-8,10H,6,9H2,1-5H3,(H,14,17)/t10-/m0/s1.